The molecular weight excluding hydrogens is 276 g/mol. The van der Waals surface area contributed by atoms with Crippen molar-refractivity contribution in [3.8, 4) is 6.07 Å². The van der Waals surface area contributed by atoms with Gasteiger partial charge in [-0.1, -0.05) is 26.0 Å². The van der Waals surface area contributed by atoms with Crippen LogP contribution in [0.3, 0.4) is 0 Å². The van der Waals surface area contributed by atoms with Gasteiger partial charge in [-0.05, 0) is 30.4 Å². The summed E-state index contributed by atoms with van der Waals surface area (Å²) in [7, 11) is 0. The predicted octanol–water partition coefficient (Wildman–Crippen LogP) is 2.57. The van der Waals surface area contributed by atoms with Crippen molar-refractivity contribution in [2.75, 3.05) is 13.2 Å². The fourth-order valence-corrected chi connectivity index (χ4v) is 2.99. The number of rotatable bonds is 2. The van der Waals surface area contributed by atoms with Crippen molar-refractivity contribution in [1.82, 2.24) is 5.01 Å². The van der Waals surface area contributed by atoms with Gasteiger partial charge in [-0.25, -0.2) is 5.01 Å². The molecule has 114 valence electrons. The molecule has 0 amide bonds. The first-order chi connectivity index (χ1) is 10.6. The number of hydrogen-bond donors (Lipinski definition) is 1. The smallest absolute Gasteiger partial charge is 0.143 e. The number of hydrazone groups is 1. The first kappa shape index (κ1) is 14.6. The molecule has 0 aromatic heterocycles. The Kier molecular flexibility index (Phi) is 3.86. The third-order valence-corrected chi connectivity index (χ3v) is 4.10. The summed E-state index contributed by atoms with van der Waals surface area (Å²) >= 11 is 0. The van der Waals surface area contributed by atoms with Gasteiger partial charge in [-0.2, -0.15) is 10.4 Å². The van der Waals surface area contributed by atoms with E-state index in [0.717, 1.165) is 29.8 Å². The van der Waals surface area contributed by atoms with Crippen LogP contribution in [0.4, 0.5) is 0 Å². The molecule has 0 saturated heterocycles. The van der Waals surface area contributed by atoms with Crippen LogP contribution >= 0.6 is 0 Å². The number of hydrogen-bond acceptors (Lipinski definition) is 5. The minimum Gasteiger partial charge on any atom is -0.383 e. The molecule has 0 fully saturated rings. The molecule has 5 nitrogen and oxygen atoms in total. The Labute approximate surface area is 130 Å². The number of fused-ring (bicyclic) bond motifs is 1. The van der Waals surface area contributed by atoms with E-state index in [0.29, 0.717) is 30.5 Å². The molecule has 0 spiro atoms. The normalized spacial score (nSPS) is 21.6. The van der Waals surface area contributed by atoms with Gasteiger partial charge in [0.1, 0.15) is 17.5 Å². The summed E-state index contributed by atoms with van der Waals surface area (Å²) in [5.74, 6) is 0.799. The van der Waals surface area contributed by atoms with Crippen LogP contribution in [0.5, 0.6) is 0 Å². The first-order valence-corrected chi connectivity index (χ1v) is 7.59. The molecule has 0 unspecified atom stereocenters. The van der Waals surface area contributed by atoms with Crippen molar-refractivity contribution >= 4 is 5.71 Å². The van der Waals surface area contributed by atoms with Crippen LogP contribution < -0.4 is 5.73 Å². The summed E-state index contributed by atoms with van der Waals surface area (Å²) in [6.45, 7) is 5.22. The molecule has 0 atom stereocenters. The van der Waals surface area contributed by atoms with Gasteiger partial charge in [0.05, 0.1) is 18.9 Å². The van der Waals surface area contributed by atoms with Crippen LogP contribution in [-0.4, -0.2) is 23.9 Å². The molecule has 2 heterocycles. The lowest BCUT2D eigenvalue weighted by Crippen LogP contribution is -2.35. The van der Waals surface area contributed by atoms with E-state index in [1.807, 2.05) is 6.08 Å². The molecule has 0 saturated carbocycles. The Balaban J connectivity index is 2.13. The summed E-state index contributed by atoms with van der Waals surface area (Å²) in [4.78, 5) is 0. The minimum absolute atomic E-state index is 0.379. The van der Waals surface area contributed by atoms with E-state index in [1.165, 1.54) is 5.57 Å². The van der Waals surface area contributed by atoms with E-state index in [9.17, 15) is 5.26 Å². The number of allylic oxidation sites excluding steroid dienone is 5. The molecule has 22 heavy (non-hydrogen) atoms. The molecule has 0 bridgehead atoms. The van der Waals surface area contributed by atoms with Gasteiger partial charge in [0, 0.05) is 11.3 Å². The number of nitrogens with two attached hydrogens (primary N) is 1. The molecule has 3 rings (SSSR count). The number of nitrogens with zero attached hydrogens (tertiary/aromatic N) is 3. The second-order valence-electron chi connectivity index (χ2n) is 5.86. The Hall–Kier alpha value is -2.32. The standard InChI is InChI=1S/C17H20N4O/c1-11(2)12-5-3-4-6-16(12)21-17(19)14(9-18)13-7-8-22-10-15(13)20-21/h3,5,7,11H,4,6,8,10,19H2,1-2H3. The maximum atomic E-state index is 9.51. The van der Waals surface area contributed by atoms with E-state index in [4.69, 9.17) is 10.5 Å². The SMILES string of the molecule is CC(C)C1=C(N2N=C3COCC=C3C(C#N)=C2N)CCC=C1. The van der Waals surface area contributed by atoms with Gasteiger partial charge in [0.15, 0.2) is 0 Å². The van der Waals surface area contributed by atoms with Crippen LogP contribution in [-0.2, 0) is 4.74 Å². The summed E-state index contributed by atoms with van der Waals surface area (Å²) in [5.41, 5.74) is 10.7. The van der Waals surface area contributed by atoms with Gasteiger partial charge in [0.2, 0.25) is 0 Å². The molecular formula is C17H20N4O. The molecule has 0 aromatic carbocycles. The summed E-state index contributed by atoms with van der Waals surface area (Å²) in [6, 6.07) is 2.23. The van der Waals surface area contributed by atoms with Gasteiger partial charge >= 0.3 is 0 Å². The van der Waals surface area contributed by atoms with Gasteiger partial charge in [-0.15, -0.1) is 0 Å². The lowest BCUT2D eigenvalue weighted by molar-refractivity contribution is 0.196. The quantitative estimate of drug-likeness (QED) is 0.850. The third kappa shape index (κ3) is 2.36. The molecule has 0 radical (unpaired) electrons. The number of nitriles is 1. The predicted molar refractivity (Wildman–Crippen MR) is 85.2 cm³/mol. The van der Waals surface area contributed by atoms with Crippen molar-refractivity contribution in [2.24, 2.45) is 16.8 Å². The zero-order valence-corrected chi connectivity index (χ0v) is 13.0. The molecule has 3 aliphatic rings. The Morgan fingerprint density at radius 2 is 2.27 bits per heavy atom. The Morgan fingerprint density at radius 1 is 1.45 bits per heavy atom. The fraction of sp³-hybridized carbons (Fsp3) is 0.412. The average molecular weight is 296 g/mol. The van der Waals surface area contributed by atoms with Crippen molar-refractivity contribution in [3.05, 3.63) is 46.5 Å². The van der Waals surface area contributed by atoms with Crippen molar-refractivity contribution < 1.29 is 4.74 Å². The Bertz CT molecular complexity index is 686. The lowest BCUT2D eigenvalue weighted by Gasteiger charge is -2.33. The maximum absolute atomic E-state index is 9.51. The summed E-state index contributed by atoms with van der Waals surface area (Å²) < 4.78 is 5.44. The van der Waals surface area contributed by atoms with Crippen molar-refractivity contribution in [2.45, 2.75) is 26.7 Å². The molecule has 1 aliphatic carbocycles. The fourth-order valence-electron chi connectivity index (χ4n) is 2.99. The van der Waals surface area contributed by atoms with E-state index >= 15 is 0 Å². The van der Waals surface area contributed by atoms with E-state index in [-0.39, 0.29) is 0 Å². The van der Waals surface area contributed by atoms with Crippen LogP contribution in [0, 0.1) is 17.2 Å². The third-order valence-electron chi connectivity index (χ3n) is 4.10. The average Bonchev–Trinajstić information content (AvgIpc) is 2.54. The van der Waals surface area contributed by atoms with E-state index in [2.05, 4.69) is 37.2 Å². The molecule has 0 aromatic rings. The van der Waals surface area contributed by atoms with Crippen molar-refractivity contribution in [1.29, 1.82) is 5.26 Å². The van der Waals surface area contributed by atoms with Crippen molar-refractivity contribution in [3.63, 3.8) is 0 Å². The Morgan fingerprint density at radius 3 is 3.00 bits per heavy atom. The van der Waals surface area contributed by atoms with E-state index in [1.54, 1.807) is 5.01 Å². The van der Waals surface area contributed by atoms with Gasteiger partial charge in [0.25, 0.3) is 0 Å². The van der Waals surface area contributed by atoms with Gasteiger partial charge in [-0.3, -0.25) is 0 Å². The highest BCUT2D eigenvalue weighted by atomic mass is 16.5. The highest BCUT2D eigenvalue weighted by Gasteiger charge is 2.30. The molecule has 2 N–H and O–H groups in total. The topological polar surface area (TPSA) is 74.6 Å². The van der Waals surface area contributed by atoms with Crippen LogP contribution in [0.15, 0.2) is 51.6 Å². The lowest BCUT2D eigenvalue weighted by atomic mass is 9.93. The zero-order valence-electron chi connectivity index (χ0n) is 13.0. The van der Waals surface area contributed by atoms with E-state index < -0.39 is 0 Å². The second kappa shape index (κ2) is 5.82. The highest BCUT2D eigenvalue weighted by molar-refractivity contribution is 6.07. The highest BCUT2D eigenvalue weighted by Crippen LogP contribution is 2.34. The molecule has 5 heteroatoms. The van der Waals surface area contributed by atoms with Crippen LogP contribution in [0.2, 0.25) is 0 Å². The van der Waals surface area contributed by atoms with Crippen LogP contribution in [0.25, 0.3) is 0 Å². The first-order valence-electron chi connectivity index (χ1n) is 7.59. The molecule has 2 aliphatic heterocycles. The summed E-state index contributed by atoms with van der Waals surface area (Å²) in [6.07, 6.45) is 8.03. The summed E-state index contributed by atoms with van der Waals surface area (Å²) in [5, 5.41) is 15.9. The minimum atomic E-state index is 0.379. The second-order valence-corrected chi connectivity index (χ2v) is 5.86. The van der Waals surface area contributed by atoms with Crippen LogP contribution in [0.1, 0.15) is 26.7 Å². The maximum Gasteiger partial charge on any atom is 0.143 e. The zero-order chi connectivity index (χ0) is 15.7. The number of ether oxygens (including phenoxy) is 1. The van der Waals surface area contributed by atoms with Gasteiger partial charge < -0.3 is 10.5 Å². The monoisotopic (exact) mass is 296 g/mol. The largest absolute Gasteiger partial charge is 0.383 e.